The molecule has 9 heavy (non-hydrogen) atoms. The topological polar surface area (TPSA) is 3.24 Å². The molecule has 0 aromatic rings. The smallest absolute Gasteiger partial charge is 0.262 e. The molecule has 2 aliphatic heterocycles. The van der Waals surface area contributed by atoms with Gasteiger partial charge in [0, 0.05) is 19.0 Å². The highest BCUT2D eigenvalue weighted by atomic mass is 19.3. The summed E-state index contributed by atoms with van der Waals surface area (Å²) in [6, 6.07) is 0.222. The number of halogens is 2. The van der Waals surface area contributed by atoms with E-state index in [1.54, 1.807) is 0 Å². The van der Waals surface area contributed by atoms with E-state index in [2.05, 4.69) is 0 Å². The standard InChI is InChI=1S/C6H9F2N/c7-6(8)3-5-1-2-9(5)4-6/h5H,1-4H2/t5-/m1/s1. The molecule has 1 atom stereocenters. The minimum Gasteiger partial charge on any atom is -0.294 e. The summed E-state index contributed by atoms with van der Waals surface area (Å²) in [4.78, 5) is 1.86. The van der Waals surface area contributed by atoms with Crippen LogP contribution in [-0.4, -0.2) is 30.0 Å². The molecule has 1 nitrogen and oxygen atoms in total. The van der Waals surface area contributed by atoms with Crippen LogP contribution in [0.5, 0.6) is 0 Å². The van der Waals surface area contributed by atoms with Crippen molar-refractivity contribution >= 4 is 0 Å². The Balaban J connectivity index is 2.07. The van der Waals surface area contributed by atoms with Crippen LogP contribution in [0.2, 0.25) is 0 Å². The van der Waals surface area contributed by atoms with E-state index in [-0.39, 0.29) is 19.0 Å². The lowest BCUT2D eigenvalue weighted by molar-refractivity contribution is 0.0132. The predicted octanol–water partition coefficient (Wildman–Crippen LogP) is 1.10. The number of alkyl halides is 2. The Morgan fingerprint density at radius 3 is 2.44 bits per heavy atom. The van der Waals surface area contributed by atoms with Gasteiger partial charge < -0.3 is 0 Å². The number of hydrogen-bond acceptors (Lipinski definition) is 1. The fourth-order valence-corrected chi connectivity index (χ4v) is 1.64. The molecule has 2 rings (SSSR count). The molecule has 0 unspecified atom stereocenters. The Morgan fingerprint density at radius 1 is 1.44 bits per heavy atom. The van der Waals surface area contributed by atoms with Gasteiger partial charge in [-0.3, -0.25) is 4.90 Å². The number of rotatable bonds is 0. The summed E-state index contributed by atoms with van der Waals surface area (Å²) in [6.07, 6.45) is 1.09. The lowest BCUT2D eigenvalue weighted by atomic mass is 10.0. The highest BCUT2D eigenvalue weighted by Crippen LogP contribution is 2.38. The summed E-state index contributed by atoms with van der Waals surface area (Å²) in [7, 11) is 0. The van der Waals surface area contributed by atoms with Crippen molar-refractivity contribution in [3.05, 3.63) is 0 Å². The molecule has 2 saturated heterocycles. The number of hydrogen-bond donors (Lipinski definition) is 0. The van der Waals surface area contributed by atoms with Crippen molar-refractivity contribution in [3.63, 3.8) is 0 Å². The maximum absolute atomic E-state index is 12.4. The average Bonchev–Trinajstić information content (AvgIpc) is 1.90. The molecular weight excluding hydrogens is 124 g/mol. The monoisotopic (exact) mass is 133 g/mol. The normalized spacial score (nSPS) is 40.0. The lowest BCUT2D eigenvalue weighted by Gasteiger charge is -2.33. The minimum absolute atomic E-state index is 0.0116. The van der Waals surface area contributed by atoms with Crippen molar-refractivity contribution in [2.45, 2.75) is 24.8 Å². The first-order valence-electron chi connectivity index (χ1n) is 3.29. The van der Waals surface area contributed by atoms with Gasteiger partial charge in [-0.05, 0) is 6.42 Å². The van der Waals surface area contributed by atoms with Crippen LogP contribution in [0, 0.1) is 0 Å². The third kappa shape index (κ3) is 0.748. The van der Waals surface area contributed by atoms with Gasteiger partial charge in [-0.15, -0.1) is 0 Å². The molecule has 0 aromatic heterocycles. The van der Waals surface area contributed by atoms with Crippen LogP contribution < -0.4 is 0 Å². The van der Waals surface area contributed by atoms with Crippen LogP contribution in [0.1, 0.15) is 12.8 Å². The molecule has 0 N–H and O–H groups in total. The fourth-order valence-electron chi connectivity index (χ4n) is 1.64. The molecule has 0 saturated carbocycles. The molecule has 52 valence electrons. The van der Waals surface area contributed by atoms with Gasteiger partial charge in [0.05, 0.1) is 6.54 Å². The maximum Gasteiger partial charge on any atom is 0.262 e. The number of nitrogens with zero attached hydrogens (tertiary/aromatic N) is 1. The molecule has 2 heterocycles. The van der Waals surface area contributed by atoms with Gasteiger partial charge >= 0.3 is 0 Å². The van der Waals surface area contributed by atoms with Crippen LogP contribution >= 0.6 is 0 Å². The SMILES string of the molecule is FC1(F)C[C@H]2CCN2C1. The zero-order chi connectivity index (χ0) is 6.48. The second kappa shape index (κ2) is 1.45. The Hall–Kier alpha value is -0.180. The van der Waals surface area contributed by atoms with Crippen LogP contribution in [0.4, 0.5) is 8.78 Å². The van der Waals surface area contributed by atoms with Gasteiger partial charge in [0.25, 0.3) is 5.92 Å². The fraction of sp³-hybridized carbons (Fsp3) is 1.00. The van der Waals surface area contributed by atoms with Crippen molar-refractivity contribution in [1.82, 2.24) is 4.90 Å². The molecule has 3 heteroatoms. The van der Waals surface area contributed by atoms with Crippen molar-refractivity contribution in [3.8, 4) is 0 Å². The van der Waals surface area contributed by atoms with Gasteiger partial charge in [0.2, 0.25) is 0 Å². The van der Waals surface area contributed by atoms with Gasteiger partial charge in [0.15, 0.2) is 0 Å². The minimum atomic E-state index is -2.37. The third-order valence-electron chi connectivity index (χ3n) is 2.23. The molecule has 0 aliphatic carbocycles. The molecule has 2 fully saturated rings. The van der Waals surface area contributed by atoms with Crippen molar-refractivity contribution in [2.24, 2.45) is 0 Å². The number of fused-ring (bicyclic) bond motifs is 1. The summed E-state index contributed by atoms with van der Waals surface area (Å²) in [5.41, 5.74) is 0. The molecule has 0 spiro atoms. The molecule has 0 aromatic carbocycles. The average molecular weight is 133 g/mol. The van der Waals surface area contributed by atoms with E-state index in [1.807, 2.05) is 4.90 Å². The Morgan fingerprint density at radius 2 is 2.22 bits per heavy atom. The first-order chi connectivity index (χ1) is 4.17. The highest BCUT2D eigenvalue weighted by molar-refractivity contribution is 4.96. The van der Waals surface area contributed by atoms with Gasteiger partial charge in [0.1, 0.15) is 0 Å². The largest absolute Gasteiger partial charge is 0.294 e. The summed E-state index contributed by atoms with van der Waals surface area (Å²) >= 11 is 0. The van der Waals surface area contributed by atoms with Gasteiger partial charge in [-0.1, -0.05) is 0 Å². The van der Waals surface area contributed by atoms with Gasteiger partial charge in [-0.2, -0.15) is 0 Å². The Kier molecular flexibility index (Phi) is 0.903. The zero-order valence-electron chi connectivity index (χ0n) is 5.11. The van der Waals surface area contributed by atoms with Crippen molar-refractivity contribution < 1.29 is 8.78 Å². The van der Waals surface area contributed by atoms with E-state index in [4.69, 9.17) is 0 Å². The molecule has 2 aliphatic rings. The molecule has 0 bridgehead atoms. The zero-order valence-corrected chi connectivity index (χ0v) is 5.11. The summed E-state index contributed by atoms with van der Waals surface area (Å²) < 4.78 is 24.9. The predicted molar refractivity (Wildman–Crippen MR) is 29.5 cm³/mol. The quantitative estimate of drug-likeness (QED) is 0.478. The maximum atomic E-state index is 12.4. The van der Waals surface area contributed by atoms with E-state index < -0.39 is 5.92 Å². The van der Waals surface area contributed by atoms with Crippen LogP contribution in [-0.2, 0) is 0 Å². The Labute approximate surface area is 52.6 Å². The Bertz CT molecular complexity index is 121. The summed E-state index contributed by atoms with van der Waals surface area (Å²) in [5.74, 6) is -2.37. The van der Waals surface area contributed by atoms with E-state index in [0.717, 1.165) is 13.0 Å². The third-order valence-corrected chi connectivity index (χ3v) is 2.23. The van der Waals surface area contributed by atoms with Crippen molar-refractivity contribution in [2.75, 3.05) is 13.1 Å². The summed E-state index contributed by atoms with van der Waals surface area (Å²) in [6.45, 7) is 0.901. The van der Waals surface area contributed by atoms with E-state index in [0.29, 0.717) is 0 Å². The van der Waals surface area contributed by atoms with E-state index >= 15 is 0 Å². The first-order valence-corrected chi connectivity index (χ1v) is 3.29. The van der Waals surface area contributed by atoms with E-state index in [1.165, 1.54) is 0 Å². The first kappa shape index (κ1) is 5.59. The molecular formula is C6H9F2N. The van der Waals surface area contributed by atoms with Crippen molar-refractivity contribution in [1.29, 1.82) is 0 Å². The van der Waals surface area contributed by atoms with Crippen LogP contribution in [0.3, 0.4) is 0 Å². The van der Waals surface area contributed by atoms with Gasteiger partial charge in [-0.25, -0.2) is 8.78 Å². The second-order valence-electron chi connectivity index (χ2n) is 2.97. The van der Waals surface area contributed by atoms with Crippen LogP contribution in [0.25, 0.3) is 0 Å². The second-order valence-corrected chi connectivity index (χ2v) is 2.97. The molecule has 0 amide bonds. The molecule has 0 radical (unpaired) electrons. The lowest BCUT2D eigenvalue weighted by Crippen LogP contribution is -2.42. The highest BCUT2D eigenvalue weighted by Gasteiger charge is 2.48. The van der Waals surface area contributed by atoms with E-state index in [9.17, 15) is 8.78 Å². The summed E-state index contributed by atoms with van der Waals surface area (Å²) in [5, 5.41) is 0. The van der Waals surface area contributed by atoms with Crippen LogP contribution in [0.15, 0.2) is 0 Å².